The number of aromatic nitrogens is 2. The maximum absolute atomic E-state index is 14.1. The van der Waals surface area contributed by atoms with Crippen LogP contribution >= 0.6 is 0 Å². The lowest BCUT2D eigenvalue weighted by molar-refractivity contribution is -0.133. The molecule has 0 radical (unpaired) electrons. The molecule has 0 spiro atoms. The third-order valence-electron chi connectivity index (χ3n) is 7.39. The Hall–Kier alpha value is -4.07. The summed E-state index contributed by atoms with van der Waals surface area (Å²) < 4.78 is 0. The molecule has 37 heavy (non-hydrogen) atoms. The molecule has 190 valence electrons. The zero-order valence-electron chi connectivity index (χ0n) is 21.4. The summed E-state index contributed by atoms with van der Waals surface area (Å²) in [6, 6.07) is 16.6. The lowest BCUT2D eigenvalue weighted by atomic mass is 9.83. The average Bonchev–Trinajstić information content (AvgIpc) is 3.46. The monoisotopic (exact) mass is 496 g/mol. The van der Waals surface area contributed by atoms with Crippen molar-refractivity contribution < 1.29 is 9.59 Å². The Kier molecular flexibility index (Phi) is 6.50. The summed E-state index contributed by atoms with van der Waals surface area (Å²) in [6.07, 6.45) is 4.69. The van der Waals surface area contributed by atoms with Crippen LogP contribution in [0, 0.1) is 11.3 Å². The Labute approximate surface area is 217 Å². The van der Waals surface area contributed by atoms with E-state index in [1.807, 2.05) is 55.5 Å². The Morgan fingerprint density at radius 1 is 1.11 bits per heavy atom. The molecular formula is C29H32N6O2. The fourth-order valence-electron chi connectivity index (χ4n) is 5.24. The molecule has 8 heteroatoms. The normalized spacial score (nSPS) is 19.8. The van der Waals surface area contributed by atoms with E-state index in [1.165, 1.54) is 11.2 Å². The fraction of sp³-hybridized carbons (Fsp3) is 0.345. The van der Waals surface area contributed by atoms with Crippen molar-refractivity contribution in [3.8, 4) is 0 Å². The topological polar surface area (TPSA) is 102 Å². The van der Waals surface area contributed by atoms with Crippen molar-refractivity contribution in [3.63, 3.8) is 0 Å². The van der Waals surface area contributed by atoms with Gasteiger partial charge in [-0.25, -0.2) is 9.97 Å². The predicted molar refractivity (Wildman–Crippen MR) is 140 cm³/mol. The first-order chi connectivity index (χ1) is 17.8. The second-order valence-corrected chi connectivity index (χ2v) is 10.3. The minimum atomic E-state index is -0.979. The molecule has 2 aliphatic rings. The van der Waals surface area contributed by atoms with E-state index < -0.39 is 11.6 Å². The van der Waals surface area contributed by atoms with E-state index in [0.717, 1.165) is 28.8 Å². The maximum atomic E-state index is 14.1. The molecular weight excluding hydrogens is 464 g/mol. The number of carbonyl (C=O) groups excluding carboxylic acids is 2. The predicted octanol–water partition coefficient (Wildman–Crippen LogP) is 4.39. The van der Waals surface area contributed by atoms with Gasteiger partial charge >= 0.3 is 0 Å². The standard InChI is InChI=1S/C29H32N6O2/c1-19(2)12-13-29(24-10-5-4-6-11-24)27(37)35(28(30)33-29)20(3)21-8-7-9-22(14-21)26(36)34-16-23-15-31-18-32-25(23)17-34/h4-11,14-15,18-20H,12-13,16-17H2,1-3H3,(H2,30,33)/t20-,29?/m1/s1. The highest BCUT2D eigenvalue weighted by atomic mass is 16.2. The summed E-state index contributed by atoms with van der Waals surface area (Å²) >= 11 is 0. The number of amides is 2. The second-order valence-electron chi connectivity index (χ2n) is 10.3. The molecule has 3 heterocycles. The Morgan fingerprint density at radius 2 is 1.89 bits per heavy atom. The highest BCUT2D eigenvalue weighted by Gasteiger charge is 2.51. The van der Waals surface area contributed by atoms with Gasteiger partial charge in [0.25, 0.3) is 11.8 Å². The number of guanidine groups is 1. The van der Waals surface area contributed by atoms with Crippen molar-refractivity contribution in [2.75, 3.05) is 0 Å². The molecule has 2 aliphatic heterocycles. The Bertz CT molecular complexity index is 1320. The molecule has 2 amide bonds. The molecule has 0 bridgehead atoms. The van der Waals surface area contributed by atoms with E-state index in [0.29, 0.717) is 31.0 Å². The van der Waals surface area contributed by atoms with E-state index >= 15 is 0 Å². The van der Waals surface area contributed by atoms with Crippen molar-refractivity contribution in [3.05, 3.63) is 95.1 Å². The minimum Gasteiger partial charge on any atom is -0.338 e. The number of carbonyl (C=O) groups is 2. The second kappa shape index (κ2) is 9.76. The highest BCUT2D eigenvalue weighted by molar-refractivity contribution is 6.08. The molecule has 2 atom stereocenters. The molecule has 5 rings (SSSR count). The number of benzene rings is 2. The molecule has 1 aromatic heterocycles. The lowest BCUT2D eigenvalue weighted by Crippen LogP contribution is -2.44. The number of nitrogens with zero attached hydrogens (tertiary/aromatic N) is 4. The summed E-state index contributed by atoms with van der Waals surface area (Å²) in [6.45, 7) is 7.10. The van der Waals surface area contributed by atoms with Gasteiger partial charge in [0.05, 0.1) is 18.3 Å². The van der Waals surface area contributed by atoms with Crippen molar-refractivity contribution in [2.24, 2.45) is 5.92 Å². The minimum absolute atomic E-state index is 0.0791. The number of hydrogen-bond donors (Lipinski definition) is 2. The van der Waals surface area contributed by atoms with Gasteiger partial charge in [-0.05, 0) is 48.9 Å². The van der Waals surface area contributed by atoms with Crippen LogP contribution in [0.3, 0.4) is 0 Å². The van der Waals surface area contributed by atoms with E-state index in [-0.39, 0.29) is 17.8 Å². The van der Waals surface area contributed by atoms with Crippen LogP contribution in [0.2, 0.25) is 0 Å². The van der Waals surface area contributed by atoms with Crippen LogP contribution in [0.25, 0.3) is 0 Å². The average molecular weight is 497 g/mol. The first kappa shape index (κ1) is 24.6. The molecule has 0 aliphatic carbocycles. The molecule has 1 unspecified atom stereocenters. The van der Waals surface area contributed by atoms with Crippen LogP contribution in [0.15, 0.2) is 67.1 Å². The van der Waals surface area contributed by atoms with E-state index in [9.17, 15) is 9.59 Å². The van der Waals surface area contributed by atoms with Gasteiger partial charge < -0.3 is 10.2 Å². The van der Waals surface area contributed by atoms with Crippen LogP contribution in [0.4, 0.5) is 0 Å². The van der Waals surface area contributed by atoms with Crippen molar-refractivity contribution in [2.45, 2.75) is 58.3 Å². The smallest absolute Gasteiger partial charge is 0.260 e. The first-order valence-electron chi connectivity index (χ1n) is 12.7. The SMILES string of the molecule is CC(C)CCC1(c2ccccc2)NC(=N)N([C@H](C)c2cccc(C(=O)N3Cc4cncnc4C3)c2)C1=O. The molecule has 1 fully saturated rings. The van der Waals surface area contributed by atoms with Crippen molar-refractivity contribution in [1.82, 2.24) is 25.1 Å². The van der Waals surface area contributed by atoms with Crippen molar-refractivity contribution in [1.29, 1.82) is 5.41 Å². The Morgan fingerprint density at radius 3 is 2.62 bits per heavy atom. The van der Waals surface area contributed by atoms with Gasteiger partial charge in [-0.2, -0.15) is 0 Å². The molecule has 0 saturated carbocycles. The van der Waals surface area contributed by atoms with E-state index in [1.54, 1.807) is 17.2 Å². The summed E-state index contributed by atoms with van der Waals surface area (Å²) in [5, 5.41) is 12.0. The Balaban J connectivity index is 1.40. The quantitative estimate of drug-likeness (QED) is 0.505. The van der Waals surface area contributed by atoms with Crippen molar-refractivity contribution >= 4 is 17.8 Å². The number of nitrogens with one attached hydrogen (secondary N) is 2. The fourth-order valence-corrected chi connectivity index (χ4v) is 5.24. The van der Waals surface area contributed by atoms with E-state index in [4.69, 9.17) is 5.41 Å². The van der Waals surface area contributed by atoms with Gasteiger partial charge in [0, 0.05) is 23.9 Å². The van der Waals surface area contributed by atoms with Crippen LogP contribution in [-0.2, 0) is 23.4 Å². The summed E-state index contributed by atoms with van der Waals surface area (Å²) in [7, 11) is 0. The van der Waals surface area contributed by atoms with Gasteiger partial charge in [0.1, 0.15) is 11.9 Å². The molecule has 3 aromatic rings. The van der Waals surface area contributed by atoms with Gasteiger partial charge in [-0.1, -0.05) is 56.3 Å². The van der Waals surface area contributed by atoms with Crippen LogP contribution in [0.5, 0.6) is 0 Å². The van der Waals surface area contributed by atoms with Gasteiger partial charge in [0.2, 0.25) is 0 Å². The number of fused-ring (bicyclic) bond motifs is 1. The van der Waals surface area contributed by atoms with Gasteiger partial charge in [0.15, 0.2) is 5.96 Å². The van der Waals surface area contributed by atoms with E-state index in [2.05, 4.69) is 29.1 Å². The van der Waals surface area contributed by atoms with Gasteiger partial charge in [-0.3, -0.25) is 19.9 Å². The highest BCUT2D eigenvalue weighted by Crippen LogP contribution is 2.38. The van der Waals surface area contributed by atoms with Gasteiger partial charge in [-0.15, -0.1) is 0 Å². The third kappa shape index (κ3) is 4.48. The number of hydrogen-bond acceptors (Lipinski definition) is 5. The number of rotatable bonds is 7. The summed E-state index contributed by atoms with van der Waals surface area (Å²) in [5.74, 6) is 0.266. The first-order valence-corrected chi connectivity index (χ1v) is 12.7. The summed E-state index contributed by atoms with van der Waals surface area (Å²) in [4.78, 5) is 39.0. The largest absolute Gasteiger partial charge is 0.338 e. The maximum Gasteiger partial charge on any atom is 0.260 e. The third-order valence-corrected chi connectivity index (χ3v) is 7.39. The zero-order chi connectivity index (χ0) is 26.2. The van der Waals surface area contributed by atoms with Crippen LogP contribution in [0.1, 0.15) is 72.4 Å². The zero-order valence-corrected chi connectivity index (χ0v) is 21.4. The lowest BCUT2D eigenvalue weighted by Gasteiger charge is -2.30. The molecule has 1 saturated heterocycles. The molecule has 2 aromatic carbocycles. The molecule has 2 N–H and O–H groups in total. The van der Waals surface area contributed by atoms with Crippen LogP contribution < -0.4 is 5.32 Å². The van der Waals surface area contributed by atoms with Crippen LogP contribution in [-0.4, -0.2) is 37.5 Å². The summed E-state index contributed by atoms with van der Waals surface area (Å²) in [5.41, 5.74) is 3.06. The molecule has 8 nitrogen and oxygen atoms in total.